The van der Waals surface area contributed by atoms with Gasteiger partial charge in [-0.15, -0.1) is 0 Å². The Morgan fingerprint density at radius 2 is 1.96 bits per heavy atom. The van der Waals surface area contributed by atoms with Gasteiger partial charge in [0.05, 0.1) is 12.1 Å². The number of hydrogen-bond acceptors (Lipinski definition) is 4. The molecule has 5 nitrogen and oxygen atoms in total. The quantitative estimate of drug-likeness (QED) is 0.930. The van der Waals surface area contributed by atoms with E-state index in [9.17, 15) is 9.90 Å². The molecule has 0 bridgehead atoms. The first-order valence-corrected chi connectivity index (χ1v) is 8.20. The fraction of sp³-hybridized carbons (Fsp3) is 0.611. The van der Waals surface area contributed by atoms with Crippen molar-refractivity contribution in [1.82, 2.24) is 9.80 Å². The number of piperazine rings is 1. The van der Waals surface area contributed by atoms with E-state index in [1.807, 2.05) is 39.0 Å². The monoisotopic (exact) mass is 320 g/mol. The summed E-state index contributed by atoms with van der Waals surface area (Å²) in [6, 6.07) is 10.00. The predicted octanol–water partition coefficient (Wildman–Crippen LogP) is 2.49. The fourth-order valence-electron chi connectivity index (χ4n) is 2.81. The van der Waals surface area contributed by atoms with Crippen molar-refractivity contribution < 1.29 is 14.6 Å². The van der Waals surface area contributed by atoms with E-state index < -0.39 is 11.7 Å². The third kappa shape index (κ3) is 5.22. The second-order valence-corrected chi connectivity index (χ2v) is 7.20. The standard InChI is InChI=1S/C18H28N2O3/c1-14(21)16-13-19(12-15-8-6-5-7-9-15)10-11-20(16)17(22)23-18(2,3)4/h5-9,14,16,21H,10-13H2,1-4H3/t14-,16-/m0/s1. The zero-order valence-corrected chi connectivity index (χ0v) is 14.5. The number of aliphatic hydroxyl groups excluding tert-OH is 1. The van der Waals surface area contributed by atoms with E-state index in [1.54, 1.807) is 11.8 Å². The lowest BCUT2D eigenvalue weighted by Crippen LogP contribution is -2.59. The van der Waals surface area contributed by atoms with E-state index in [0.717, 1.165) is 13.1 Å². The number of ether oxygens (including phenoxy) is 1. The fourth-order valence-corrected chi connectivity index (χ4v) is 2.81. The van der Waals surface area contributed by atoms with Crippen LogP contribution >= 0.6 is 0 Å². The maximum Gasteiger partial charge on any atom is 0.410 e. The zero-order valence-electron chi connectivity index (χ0n) is 14.5. The molecule has 1 aromatic carbocycles. The van der Waals surface area contributed by atoms with Crippen LogP contribution in [0.1, 0.15) is 33.3 Å². The second kappa shape index (κ2) is 7.32. The van der Waals surface area contributed by atoms with E-state index >= 15 is 0 Å². The minimum atomic E-state index is -0.596. The molecule has 2 rings (SSSR count). The van der Waals surface area contributed by atoms with Crippen LogP contribution in [0.5, 0.6) is 0 Å². The predicted molar refractivity (Wildman–Crippen MR) is 90.1 cm³/mol. The lowest BCUT2D eigenvalue weighted by Gasteiger charge is -2.42. The number of amides is 1. The van der Waals surface area contributed by atoms with Gasteiger partial charge in [-0.1, -0.05) is 30.3 Å². The van der Waals surface area contributed by atoms with Gasteiger partial charge >= 0.3 is 6.09 Å². The Kier molecular flexibility index (Phi) is 5.65. The van der Waals surface area contributed by atoms with Crippen molar-refractivity contribution in [2.75, 3.05) is 19.6 Å². The minimum absolute atomic E-state index is 0.248. The first kappa shape index (κ1) is 17.8. The summed E-state index contributed by atoms with van der Waals surface area (Å²) >= 11 is 0. The molecular formula is C18H28N2O3. The molecule has 1 N–H and O–H groups in total. The number of carbonyl (C=O) groups is 1. The molecule has 23 heavy (non-hydrogen) atoms. The molecular weight excluding hydrogens is 292 g/mol. The van der Waals surface area contributed by atoms with Crippen molar-refractivity contribution in [1.29, 1.82) is 0 Å². The Hall–Kier alpha value is -1.59. The highest BCUT2D eigenvalue weighted by molar-refractivity contribution is 5.68. The topological polar surface area (TPSA) is 53.0 Å². The van der Waals surface area contributed by atoms with Gasteiger partial charge in [0.1, 0.15) is 5.60 Å². The van der Waals surface area contributed by atoms with Crippen molar-refractivity contribution in [3.63, 3.8) is 0 Å². The summed E-state index contributed by atoms with van der Waals surface area (Å²) < 4.78 is 5.47. The lowest BCUT2D eigenvalue weighted by molar-refractivity contribution is -0.0294. The van der Waals surface area contributed by atoms with E-state index in [0.29, 0.717) is 13.1 Å². The van der Waals surface area contributed by atoms with E-state index in [4.69, 9.17) is 4.74 Å². The number of hydrogen-bond donors (Lipinski definition) is 1. The summed E-state index contributed by atoms with van der Waals surface area (Å²) in [5, 5.41) is 10.1. The molecule has 1 heterocycles. The smallest absolute Gasteiger partial charge is 0.410 e. The molecule has 0 aromatic heterocycles. The van der Waals surface area contributed by atoms with E-state index in [2.05, 4.69) is 17.0 Å². The van der Waals surface area contributed by atoms with Crippen molar-refractivity contribution in [2.24, 2.45) is 0 Å². The van der Waals surface area contributed by atoms with Crippen LogP contribution in [-0.4, -0.2) is 58.4 Å². The summed E-state index contributed by atoms with van der Waals surface area (Å²) in [5.41, 5.74) is 0.712. The van der Waals surface area contributed by atoms with Crippen LogP contribution in [0.3, 0.4) is 0 Å². The summed E-state index contributed by atoms with van der Waals surface area (Å²) in [7, 11) is 0. The molecule has 1 saturated heterocycles. The molecule has 0 unspecified atom stereocenters. The van der Waals surface area contributed by atoms with Crippen LogP contribution in [0, 0.1) is 0 Å². The average molecular weight is 320 g/mol. The van der Waals surface area contributed by atoms with Gasteiger partial charge in [0.25, 0.3) is 0 Å². The van der Waals surface area contributed by atoms with Crippen molar-refractivity contribution in [3.05, 3.63) is 35.9 Å². The Morgan fingerprint density at radius 3 is 2.52 bits per heavy atom. The number of rotatable bonds is 3. The van der Waals surface area contributed by atoms with Gasteiger partial charge in [-0.25, -0.2) is 4.79 Å². The largest absolute Gasteiger partial charge is 0.444 e. The molecule has 2 atom stereocenters. The van der Waals surface area contributed by atoms with E-state index in [1.165, 1.54) is 5.56 Å². The summed E-state index contributed by atoms with van der Waals surface area (Å²) in [4.78, 5) is 16.3. The van der Waals surface area contributed by atoms with Gasteiger partial charge in [0.2, 0.25) is 0 Å². The molecule has 128 valence electrons. The Bertz CT molecular complexity index is 511. The van der Waals surface area contributed by atoms with Gasteiger partial charge in [-0.05, 0) is 33.3 Å². The normalized spacial score (nSPS) is 21.1. The zero-order chi connectivity index (χ0) is 17.0. The van der Waals surface area contributed by atoms with Crippen LogP contribution in [0.2, 0.25) is 0 Å². The van der Waals surface area contributed by atoms with Crippen LogP contribution in [0.15, 0.2) is 30.3 Å². The first-order chi connectivity index (χ1) is 10.8. The minimum Gasteiger partial charge on any atom is -0.444 e. The molecule has 0 aliphatic carbocycles. The average Bonchev–Trinajstić information content (AvgIpc) is 2.46. The van der Waals surface area contributed by atoms with Gasteiger partial charge in [0.15, 0.2) is 0 Å². The molecule has 1 aliphatic heterocycles. The highest BCUT2D eigenvalue weighted by Gasteiger charge is 2.35. The first-order valence-electron chi connectivity index (χ1n) is 8.20. The van der Waals surface area contributed by atoms with Crippen molar-refractivity contribution >= 4 is 6.09 Å². The Labute approximate surface area is 138 Å². The maximum absolute atomic E-state index is 12.4. The van der Waals surface area contributed by atoms with Crippen molar-refractivity contribution in [2.45, 2.75) is 52.0 Å². The molecule has 1 aromatic rings. The number of aliphatic hydroxyl groups is 1. The molecule has 0 radical (unpaired) electrons. The van der Waals surface area contributed by atoms with Gasteiger partial charge in [-0.3, -0.25) is 4.90 Å². The summed E-state index contributed by atoms with van der Waals surface area (Å²) in [6.07, 6.45) is -0.941. The Morgan fingerprint density at radius 1 is 1.30 bits per heavy atom. The lowest BCUT2D eigenvalue weighted by atomic mass is 10.1. The van der Waals surface area contributed by atoms with Crippen LogP contribution in [0.4, 0.5) is 4.79 Å². The molecule has 5 heteroatoms. The molecule has 0 saturated carbocycles. The van der Waals surface area contributed by atoms with E-state index in [-0.39, 0.29) is 12.1 Å². The maximum atomic E-state index is 12.4. The summed E-state index contributed by atoms with van der Waals surface area (Å²) in [6.45, 7) is 10.1. The number of nitrogens with zero attached hydrogens (tertiary/aromatic N) is 2. The molecule has 0 spiro atoms. The third-order valence-corrected chi connectivity index (χ3v) is 3.94. The van der Waals surface area contributed by atoms with Crippen LogP contribution in [-0.2, 0) is 11.3 Å². The highest BCUT2D eigenvalue weighted by atomic mass is 16.6. The SMILES string of the molecule is C[C@H](O)[C@@H]1CN(Cc2ccccc2)CCN1C(=O)OC(C)(C)C. The van der Waals surface area contributed by atoms with Gasteiger partial charge in [-0.2, -0.15) is 0 Å². The van der Waals surface area contributed by atoms with Crippen LogP contribution in [0.25, 0.3) is 0 Å². The molecule has 1 fully saturated rings. The second-order valence-electron chi connectivity index (χ2n) is 7.20. The van der Waals surface area contributed by atoms with Gasteiger partial charge in [0, 0.05) is 26.2 Å². The highest BCUT2D eigenvalue weighted by Crippen LogP contribution is 2.19. The third-order valence-electron chi connectivity index (χ3n) is 3.94. The number of benzene rings is 1. The molecule has 1 aliphatic rings. The summed E-state index contributed by atoms with van der Waals surface area (Å²) in [5.74, 6) is 0. The van der Waals surface area contributed by atoms with Crippen molar-refractivity contribution in [3.8, 4) is 0 Å². The Balaban J connectivity index is 2.01. The van der Waals surface area contributed by atoms with Gasteiger partial charge < -0.3 is 14.7 Å². The van der Waals surface area contributed by atoms with Crippen LogP contribution < -0.4 is 0 Å². The number of carbonyl (C=O) groups excluding carboxylic acids is 1. The molecule has 1 amide bonds.